The van der Waals surface area contributed by atoms with E-state index in [1.165, 1.54) is 22.7 Å². The molecule has 0 aliphatic carbocycles. The molecule has 5 nitrogen and oxygen atoms in total. The summed E-state index contributed by atoms with van der Waals surface area (Å²) in [6.45, 7) is 0. The van der Waals surface area contributed by atoms with Crippen LogP contribution in [0.4, 0.5) is 0 Å². The zero-order valence-electron chi connectivity index (χ0n) is 15.1. The van der Waals surface area contributed by atoms with Crippen molar-refractivity contribution in [2.75, 3.05) is 14.1 Å². The third kappa shape index (κ3) is 2.84. The summed E-state index contributed by atoms with van der Waals surface area (Å²) in [5, 5.41) is 15.1. The van der Waals surface area contributed by atoms with Gasteiger partial charge in [-0.1, -0.05) is 12.1 Å². The van der Waals surface area contributed by atoms with Crippen LogP contribution < -0.4 is 17.0 Å². The number of ether oxygens (including phenoxy) is 2. The molecule has 1 N–H and O–H groups in total. The van der Waals surface area contributed by atoms with Gasteiger partial charge >= 0.3 is 5.97 Å². The number of piperidine rings is 1. The number of quaternary nitrogens is 1. The van der Waals surface area contributed by atoms with Crippen LogP contribution in [0.15, 0.2) is 35.0 Å². The van der Waals surface area contributed by atoms with Crippen molar-refractivity contribution >= 4 is 28.6 Å². The summed E-state index contributed by atoms with van der Waals surface area (Å²) in [4.78, 5) is 14.3. The van der Waals surface area contributed by atoms with Crippen LogP contribution in [0.2, 0.25) is 0 Å². The summed E-state index contributed by atoms with van der Waals surface area (Å²) in [6, 6.07) is 8.01. The minimum atomic E-state index is -1.72. The molecule has 4 unspecified atom stereocenters. The number of halogens is 1. The molecule has 2 bridgehead atoms. The normalized spacial score (nSPS) is 33.1. The largest absolute Gasteiger partial charge is 1.00 e. The molecule has 27 heavy (non-hydrogen) atoms. The number of hydrogen-bond donors (Lipinski definition) is 1. The molecular weight excluding hydrogens is 450 g/mol. The first-order valence-corrected chi connectivity index (χ1v) is 10.7. The van der Waals surface area contributed by atoms with Crippen molar-refractivity contribution in [3.05, 3.63) is 44.8 Å². The average Bonchev–Trinajstić information content (AvgIpc) is 2.98. The number of likely N-dealkylation sites (N-methyl/N-ethyl adjacent to an activating group) is 1. The van der Waals surface area contributed by atoms with E-state index in [-0.39, 0.29) is 23.1 Å². The minimum Gasteiger partial charge on any atom is -1.00 e. The Bertz CT molecular complexity index is 769. The molecule has 0 aromatic carbocycles. The van der Waals surface area contributed by atoms with Crippen molar-refractivity contribution in [3.8, 4) is 0 Å². The van der Waals surface area contributed by atoms with E-state index in [1.54, 1.807) is 12.1 Å². The quantitative estimate of drug-likeness (QED) is 0.365. The molecule has 8 heteroatoms. The van der Waals surface area contributed by atoms with Crippen LogP contribution in [0.25, 0.3) is 0 Å². The molecule has 3 aliphatic rings. The molecule has 0 spiro atoms. The third-order valence-corrected chi connectivity index (χ3v) is 8.32. The maximum absolute atomic E-state index is 13.1. The van der Waals surface area contributed by atoms with E-state index in [0.717, 1.165) is 17.3 Å². The Kier molecular flexibility index (Phi) is 4.81. The van der Waals surface area contributed by atoms with Crippen molar-refractivity contribution in [1.29, 1.82) is 0 Å². The van der Waals surface area contributed by atoms with Crippen molar-refractivity contribution in [2.24, 2.45) is 0 Å². The second kappa shape index (κ2) is 6.64. The van der Waals surface area contributed by atoms with Crippen molar-refractivity contribution in [1.82, 2.24) is 0 Å². The fourth-order valence-electron chi connectivity index (χ4n) is 4.83. The molecule has 3 saturated heterocycles. The number of morpholine rings is 1. The molecule has 3 aliphatic heterocycles. The number of thiophene rings is 2. The van der Waals surface area contributed by atoms with E-state index in [2.05, 4.69) is 14.1 Å². The zero-order valence-corrected chi connectivity index (χ0v) is 18.3. The number of esters is 1. The maximum atomic E-state index is 13.1. The number of rotatable bonds is 4. The molecule has 146 valence electrons. The number of nitrogens with zero attached hydrogens (tertiary/aromatic N) is 1. The van der Waals surface area contributed by atoms with Gasteiger partial charge in [-0.25, -0.2) is 4.79 Å². The summed E-state index contributed by atoms with van der Waals surface area (Å²) in [5.41, 5.74) is -1.72. The molecule has 2 aromatic heterocycles. The summed E-state index contributed by atoms with van der Waals surface area (Å²) < 4.78 is 12.6. The van der Waals surface area contributed by atoms with Gasteiger partial charge in [0.05, 0.1) is 23.8 Å². The molecule has 4 atom stereocenters. The monoisotopic (exact) mass is 471 g/mol. The number of hydrogen-bond acceptors (Lipinski definition) is 6. The topological polar surface area (TPSA) is 59.1 Å². The fraction of sp³-hybridized carbons (Fsp3) is 0.526. The van der Waals surface area contributed by atoms with E-state index < -0.39 is 11.6 Å². The zero-order chi connectivity index (χ0) is 18.1. The second-order valence-electron chi connectivity index (χ2n) is 7.99. The lowest BCUT2D eigenvalue weighted by Crippen LogP contribution is -3.00. The van der Waals surface area contributed by atoms with E-state index >= 15 is 0 Å². The molecule has 0 saturated carbocycles. The number of aliphatic hydroxyl groups is 1. The smallest absolute Gasteiger partial charge is 0.349 e. The Balaban J connectivity index is 0.00000180. The highest BCUT2D eigenvalue weighted by Gasteiger charge is 2.71. The summed E-state index contributed by atoms with van der Waals surface area (Å²) in [6.07, 6.45) is 2.05. The Labute approximate surface area is 176 Å². The van der Waals surface area contributed by atoms with Gasteiger partial charge in [-0.15, -0.1) is 22.7 Å². The van der Waals surface area contributed by atoms with E-state index in [4.69, 9.17) is 9.47 Å². The van der Waals surface area contributed by atoms with Crippen LogP contribution in [0.1, 0.15) is 22.6 Å². The van der Waals surface area contributed by atoms with Gasteiger partial charge in [-0.05, 0) is 22.9 Å². The van der Waals surface area contributed by atoms with Crippen LogP contribution >= 0.6 is 22.7 Å². The van der Waals surface area contributed by atoms with Gasteiger partial charge in [0.1, 0.15) is 30.4 Å². The highest BCUT2D eigenvalue weighted by atomic mass is 79.9. The van der Waals surface area contributed by atoms with Crippen LogP contribution in [0, 0.1) is 0 Å². The van der Waals surface area contributed by atoms with Gasteiger partial charge in [-0.3, -0.25) is 0 Å². The molecular formula is C19H22BrNO4S2. The Hall–Kier alpha value is -0.770. The summed E-state index contributed by atoms with van der Waals surface area (Å²) in [7, 11) is 4.49. The fourth-order valence-corrected chi connectivity index (χ4v) is 6.54. The van der Waals surface area contributed by atoms with Gasteiger partial charge in [0.2, 0.25) is 5.60 Å². The lowest BCUT2D eigenvalue weighted by Gasteiger charge is -2.45. The molecule has 5 heterocycles. The van der Waals surface area contributed by atoms with E-state index in [1.807, 2.05) is 22.9 Å². The molecule has 0 amide bonds. The third-order valence-electron chi connectivity index (χ3n) is 6.36. The van der Waals surface area contributed by atoms with Crippen LogP contribution in [0.5, 0.6) is 0 Å². The molecule has 0 radical (unpaired) electrons. The first-order chi connectivity index (χ1) is 12.4. The van der Waals surface area contributed by atoms with Gasteiger partial charge in [0, 0.05) is 12.8 Å². The Morgan fingerprint density at radius 3 is 2.11 bits per heavy atom. The van der Waals surface area contributed by atoms with E-state index in [9.17, 15) is 9.90 Å². The Morgan fingerprint density at radius 2 is 1.67 bits per heavy atom. The predicted octanol–water partition coefficient (Wildman–Crippen LogP) is -0.650. The van der Waals surface area contributed by atoms with Crippen LogP contribution in [-0.2, 0) is 19.9 Å². The first-order valence-electron chi connectivity index (χ1n) is 8.92. The number of fused-ring (bicyclic) bond motifs is 5. The highest BCUT2D eigenvalue weighted by Crippen LogP contribution is 2.52. The lowest BCUT2D eigenvalue weighted by atomic mass is 9.95. The van der Waals surface area contributed by atoms with Gasteiger partial charge in [0.15, 0.2) is 0 Å². The highest BCUT2D eigenvalue weighted by molar-refractivity contribution is 7.12. The maximum Gasteiger partial charge on any atom is 0.349 e. The molecule has 3 fully saturated rings. The van der Waals surface area contributed by atoms with Crippen LogP contribution in [0.3, 0.4) is 0 Å². The number of carbonyl (C=O) groups excluding carboxylic acids is 1. The minimum absolute atomic E-state index is 0. The number of carbonyl (C=O) groups is 1. The number of epoxide rings is 1. The summed E-state index contributed by atoms with van der Waals surface area (Å²) in [5.74, 6) is -0.561. The van der Waals surface area contributed by atoms with Crippen molar-refractivity contribution in [2.45, 2.75) is 48.8 Å². The van der Waals surface area contributed by atoms with Gasteiger partial charge in [0.25, 0.3) is 0 Å². The Morgan fingerprint density at radius 1 is 1.15 bits per heavy atom. The second-order valence-corrected chi connectivity index (χ2v) is 9.89. The van der Waals surface area contributed by atoms with Crippen LogP contribution in [-0.4, -0.2) is 60.0 Å². The van der Waals surface area contributed by atoms with E-state index in [0.29, 0.717) is 34.0 Å². The van der Waals surface area contributed by atoms with Gasteiger partial charge in [-0.2, -0.15) is 0 Å². The first kappa shape index (κ1) is 19.5. The molecule has 5 rings (SSSR count). The SMILES string of the molecule is C[N+]1(C)C2CC(OC(=O)C(O)(c3cccs3)c3cccs3)CC1C1OC12.[Br-]. The standard InChI is InChI=1S/C19H22NO4S2.BrH/c1-20(2)12-9-11(10-13(20)17-16(12)24-17)23-18(21)19(22,14-5-3-7-25-14)15-6-4-8-26-15;/h3-8,11-13,16-17,22H,9-10H2,1-2H3;1H/q+1;/p-1. The summed E-state index contributed by atoms with van der Waals surface area (Å²) >= 11 is 2.74. The average molecular weight is 472 g/mol. The predicted molar refractivity (Wildman–Crippen MR) is 99.1 cm³/mol. The lowest BCUT2D eigenvalue weighted by molar-refractivity contribution is -0.938. The molecule has 2 aromatic rings. The van der Waals surface area contributed by atoms with Crippen molar-refractivity contribution < 1.29 is 40.8 Å². The van der Waals surface area contributed by atoms with Gasteiger partial charge < -0.3 is 36.0 Å². The van der Waals surface area contributed by atoms with Crippen molar-refractivity contribution in [3.63, 3.8) is 0 Å².